The molecule has 4 heterocycles. The van der Waals surface area contributed by atoms with Gasteiger partial charge in [-0.1, -0.05) is 0 Å². The van der Waals surface area contributed by atoms with Gasteiger partial charge in [-0.3, -0.25) is 4.98 Å². The molecule has 0 aliphatic carbocycles. The van der Waals surface area contributed by atoms with Crippen LogP contribution in [0.15, 0.2) is 36.9 Å². The summed E-state index contributed by atoms with van der Waals surface area (Å²) in [6, 6.07) is 5.90. The molecule has 0 saturated carbocycles. The topological polar surface area (TPSA) is 68.4 Å². The van der Waals surface area contributed by atoms with Crippen LogP contribution >= 0.6 is 0 Å². The first-order valence-corrected chi connectivity index (χ1v) is 8.25. The Labute approximate surface area is 140 Å². The monoisotopic (exact) mass is 324 g/mol. The summed E-state index contributed by atoms with van der Waals surface area (Å²) in [4.78, 5) is 6.41. The van der Waals surface area contributed by atoms with Crippen molar-refractivity contribution in [3.05, 3.63) is 42.5 Å². The summed E-state index contributed by atoms with van der Waals surface area (Å²) in [5, 5.41) is 12.4. The van der Waals surface area contributed by atoms with Crippen molar-refractivity contribution in [2.45, 2.75) is 19.8 Å². The summed E-state index contributed by atoms with van der Waals surface area (Å²) in [6.07, 6.45) is 7.46. The van der Waals surface area contributed by atoms with Crippen LogP contribution in [0.4, 0.5) is 5.82 Å². The number of anilines is 1. The van der Waals surface area contributed by atoms with E-state index in [0.717, 1.165) is 55.3 Å². The van der Waals surface area contributed by atoms with E-state index in [-0.39, 0.29) is 0 Å². The van der Waals surface area contributed by atoms with E-state index in [1.165, 1.54) is 0 Å². The Balaban J connectivity index is 1.34. The molecule has 0 unspecified atom stereocenters. The molecule has 7 heteroatoms. The maximum Gasteiger partial charge on any atom is 0.177 e. The van der Waals surface area contributed by atoms with Crippen molar-refractivity contribution in [3.63, 3.8) is 0 Å². The predicted octanol–water partition coefficient (Wildman–Crippen LogP) is 2.12. The fraction of sp³-hybridized carbons (Fsp3) is 0.412. The molecule has 0 atom stereocenters. The molecular weight excluding hydrogens is 304 g/mol. The number of fused-ring (bicyclic) bond motifs is 1. The Hall–Kier alpha value is -2.70. The summed E-state index contributed by atoms with van der Waals surface area (Å²) in [7, 11) is 0. The average molecular weight is 324 g/mol. The maximum absolute atomic E-state index is 5.97. The zero-order chi connectivity index (χ0) is 16.4. The van der Waals surface area contributed by atoms with E-state index in [1.807, 2.05) is 31.3 Å². The SMILES string of the molecule is Cc1cnccc1OCC1CCN(c2ccc3nncn3n2)CC1. The van der Waals surface area contributed by atoms with Crippen molar-refractivity contribution in [3.8, 4) is 5.75 Å². The molecule has 3 aromatic rings. The van der Waals surface area contributed by atoms with Gasteiger partial charge in [0.15, 0.2) is 5.65 Å². The Bertz CT molecular complexity index is 825. The molecule has 3 aromatic heterocycles. The molecule has 1 saturated heterocycles. The summed E-state index contributed by atoms with van der Waals surface area (Å²) >= 11 is 0. The fourth-order valence-electron chi connectivity index (χ4n) is 3.05. The van der Waals surface area contributed by atoms with Crippen molar-refractivity contribution >= 4 is 11.5 Å². The van der Waals surface area contributed by atoms with Gasteiger partial charge in [-0.2, -0.15) is 4.52 Å². The lowest BCUT2D eigenvalue weighted by atomic mass is 9.98. The van der Waals surface area contributed by atoms with Crippen LogP contribution in [0, 0.1) is 12.8 Å². The van der Waals surface area contributed by atoms with Gasteiger partial charge in [-0.05, 0) is 43.9 Å². The Kier molecular flexibility index (Phi) is 3.98. The molecule has 0 N–H and O–H groups in total. The largest absolute Gasteiger partial charge is 0.493 e. The fourth-order valence-corrected chi connectivity index (χ4v) is 3.05. The summed E-state index contributed by atoms with van der Waals surface area (Å²) in [6.45, 7) is 4.77. The number of rotatable bonds is 4. The van der Waals surface area contributed by atoms with Crippen molar-refractivity contribution in [1.29, 1.82) is 0 Å². The van der Waals surface area contributed by atoms with Gasteiger partial charge in [0.25, 0.3) is 0 Å². The minimum Gasteiger partial charge on any atom is -0.493 e. The molecule has 0 aromatic carbocycles. The molecule has 0 radical (unpaired) electrons. The molecule has 124 valence electrons. The highest BCUT2D eigenvalue weighted by atomic mass is 16.5. The highest BCUT2D eigenvalue weighted by molar-refractivity contribution is 5.45. The van der Waals surface area contributed by atoms with Crippen molar-refractivity contribution < 1.29 is 4.74 Å². The quantitative estimate of drug-likeness (QED) is 0.732. The minimum atomic E-state index is 0.576. The first-order valence-electron chi connectivity index (χ1n) is 8.25. The van der Waals surface area contributed by atoms with Gasteiger partial charge in [0.1, 0.15) is 17.9 Å². The number of pyridine rings is 1. The zero-order valence-electron chi connectivity index (χ0n) is 13.7. The molecule has 0 amide bonds. The Morgan fingerprint density at radius 3 is 2.92 bits per heavy atom. The van der Waals surface area contributed by atoms with Crippen molar-refractivity contribution in [2.75, 3.05) is 24.6 Å². The molecule has 7 nitrogen and oxygen atoms in total. The Morgan fingerprint density at radius 1 is 1.21 bits per heavy atom. The van der Waals surface area contributed by atoms with E-state index in [0.29, 0.717) is 5.92 Å². The van der Waals surface area contributed by atoms with E-state index in [2.05, 4.69) is 25.2 Å². The molecular formula is C17H20N6O. The van der Waals surface area contributed by atoms with E-state index in [9.17, 15) is 0 Å². The highest BCUT2D eigenvalue weighted by Gasteiger charge is 2.21. The van der Waals surface area contributed by atoms with Gasteiger partial charge in [0, 0.05) is 31.0 Å². The molecule has 4 rings (SSSR count). The number of ether oxygens (including phenoxy) is 1. The van der Waals surface area contributed by atoms with Crippen molar-refractivity contribution in [2.24, 2.45) is 5.92 Å². The molecule has 0 spiro atoms. The molecule has 1 aliphatic rings. The van der Waals surface area contributed by atoms with E-state index in [1.54, 1.807) is 17.0 Å². The standard InChI is InChI=1S/C17H20N6O/c1-13-10-18-7-4-15(13)24-11-14-5-8-22(9-6-14)17-3-2-16-20-19-12-23(16)21-17/h2-4,7,10,12,14H,5-6,8-9,11H2,1H3. The van der Waals surface area contributed by atoms with Crippen LogP contribution in [-0.2, 0) is 0 Å². The van der Waals surface area contributed by atoms with Gasteiger partial charge < -0.3 is 9.64 Å². The minimum absolute atomic E-state index is 0.576. The van der Waals surface area contributed by atoms with E-state index in [4.69, 9.17) is 4.74 Å². The second kappa shape index (κ2) is 6.43. The van der Waals surface area contributed by atoms with Crippen LogP contribution in [0.25, 0.3) is 5.65 Å². The number of piperidine rings is 1. The summed E-state index contributed by atoms with van der Waals surface area (Å²) in [5.41, 5.74) is 1.86. The third-order valence-electron chi connectivity index (χ3n) is 4.53. The molecule has 1 fully saturated rings. The van der Waals surface area contributed by atoms with Crippen LogP contribution in [0.3, 0.4) is 0 Å². The summed E-state index contributed by atoms with van der Waals surface area (Å²) in [5.74, 6) is 2.49. The second-order valence-electron chi connectivity index (χ2n) is 6.21. The normalized spacial score (nSPS) is 15.8. The van der Waals surface area contributed by atoms with Gasteiger partial charge in [-0.15, -0.1) is 15.3 Å². The lowest BCUT2D eigenvalue weighted by Gasteiger charge is -2.32. The van der Waals surface area contributed by atoms with E-state index < -0.39 is 0 Å². The first-order chi connectivity index (χ1) is 11.8. The lowest BCUT2D eigenvalue weighted by molar-refractivity contribution is 0.221. The number of hydrogen-bond acceptors (Lipinski definition) is 6. The highest BCUT2D eigenvalue weighted by Crippen LogP contribution is 2.23. The third kappa shape index (κ3) is 3.02. The average Bonchev–Trinajstić information content (AvgIpc) is 3.09. The lowest BCUT2D eigenvalue weighted by Crippen LogP contribution is -2.36. The Morgan fingerprint density at radius 2 is 2.08 bits per heavy atom. The predicted molar refractivity (Wildman–Crippen MR) is 90.2 cm³/mol. The van der Waals surface area contributed by atoms with Gasteiger partial charge >= 0.3 is 0 Å². The molecule has 24 heavy (non-hydrogen) atoms. The summed E-state index contributed by atoms with van der Waals surface area (Å²) < 4.78 is 7.69. The van der Waals surface area contributed by atoms with Crippen molar-refractivity contribution in [1.82, 2.24) is 24.8 Å². The molecule has 1 aliphatic heterocycles. The second-order valence-corrected chi connectivity index (χ2v) is 6.21. The number of aryl methyl sites for hydroxylation is 1. The van der Waals surface area contributed by atoms with Crippen LogP contribution in [0.1, 0.15) is 18.4 Å². The number of hydrogen-bond donors (Lipinski definition) is 0. The first kappa shape index (κ1) is 14.9. The zero-order valence-corrected chi connectivity index (χ0v) is 13.7. The van der Waals surface area contributed by atoms with Crippen LogP contribution in [0.2, 0.25) is 0 Å². The number of nitrogens with zero attached hydrogens (tertiary/aromatic N) is 6. The van der Waals surface area contributed by atoms with Crippen LogP contribution in [0.5, 0.6) is 5.75 Å². The van der Waals surface area contributed by atoms with Gasteiger partial charge in [0.05, 0.1) is 6.61 Å². The third-order valence-corrected chi connectivity index (χ3v) is 4.53. The van der Waals surface area contributed by atoms with Crippen LogP contribution in [-0.4, -0.2) is 44.5 Å². The van der Waals surface area contributed by atoms with Gasteiger partial charge in [0.2, 0.25) is 0 Å². The van der Waals surface area contributed by atoms with E-state index >= 15 is 0 Å². The molecule has 0 bridgehead atoms. The smallest absolute Gasteiger partial charge is 0.177 e. The maximum atomic E-state index is 5.97. The van der Waals surface area contributed by atoms with Gasteiger partial charge in [-0.25, -0.2) is 0 Å². The van der Waals surface area contributed by atoms with Crippen LogP contribution < -0.4 is 9.64 Å². The number of aromatic nitrogens is 5.